The van der Waals surface area contributed by atoms with Gasteiger partial charge in [0.2, 0.25) is 0 Å². The van der Waals surface area contributed by atoms with Crippen LogP contribution in [0.2, 0.25) is 0 Å². The number of benzene rings is 2. The van der Waals surface area contributed by atoms with Gasteiger partial charge in [-0.05, 0) is 30.0 Å². The molecule has 0 spiro atoms. The van der Waals surface area contributed by atoms with Crippen LogP contribution in [0.4, 0.5) is 0 Å². The molecule has 5 heteroatoms. The van der Waals surface area contributed by atoms with Gasteiger partial charge < -0.3 is 10.3 Å². The predicted molar refractivity (Wildman–Crippen MR) is 96.6 cm³/mol. The molecule has 2 aromatic heterocycles. The van der Waals surface area contributed by atoms with E-state index in [1.165, 1.54) is 27.5 Å². The van der Waals surface area contributed by atoms with Gasteiger partial charge in [0.25, 0.3) is 5.91 Å². The zero-order valence-electron chi connectivity index (χ0n) is 13.8. The first-order chi connectivity index (χ1) is 12.2. The summed E-state index contributed by atoms with van der Waals surface area (Å²) in [6.07, 6.45) is 3.78. The summed E-state index contributed by atoms with van der Waals surface area (Å²) < 4.78 is 1.94. The second kappa shape index (κ2) is 4.30. The summed E-state index contributed by atoms with van der Waals surface area (Å²) in [7, 11) is 1.98. The van der Waals surface area contributed by atoms with E-state index in [4.69, 9.17) is 0 Å². The number of fused-ring (bicyclic) bond motifs is 10. The number of hydrogen-bond acceptors (Lipinski definition) is 2. The van der Waals surface area contributed by atoms with Crippen molar-refractivity contribution in [1.29, 1.82) is 0 Å². The minimum absolute atomic E-state index is 0.0372. The van der Waals surface area contributed by atoms with Crippen LogP contribution in [-0.2, 0) is 26.4 Å². The minimum atomic E-state index is 0.0372. The molecular weight excluding hydrogens is 312 g/mol. The molecule has 1 amide bonds. The topological polar surface area (TPSA) is 62.7 Å². The van der Waals surface area contributed by atoms with E-state index in [1.807, 2.05) is 24.0 Å². The molecule has 6 rings (SSSR count). The summed E-state index contributed by atoms with van der Waals surface area (Å²) in [5, 5.41) is 9.89. The number of nitrogens with one attached hydrogen (secondary N) is 2. The van der Waals surface area contributed by atoms with Crippen molar-refractivity contribution in [2.24, 2.45) is 7.05 Å². The molecule has 4 aromatic rings. The van der Waals surface area contributed by atoms with Crippen LogP contribution in [0, 0.1) is 0 Å². The average molecular weight is 328 g/mol. The zero-order chi connectivity index (χ0) is 16.7. The highest BCUT2D eigenvalue weighted by atomic mass is 16.1. The number of H-pyrrole nitrogens is 1. The number of aromatic amines is 1. The van der Waals surface area contributed by atoms with Gasteiger partial charge in [-0.2, -0.15) is 5.10 Å². The second-order valence-electron chi connectivity index (χ2n) is 6.94. The highest BCUT2D eigenvalue weighted by molar-refractivity contribution is 6.18. The van der Waals surface area contributed by atoms with Crippen LogP contribution in [-0.4, -0.2) is 20.7 Å². The number of aryl methyl sites for hydroxylation is 2. The van der Waals surface area contributed by atoms with Crippen LogP contribution in [0.25, 0.3) is 32.9 Å². The molecule has 0 saturated heterocycles. The van der Waals surface area contributed by atoms with Gasteiger partial charge in [0.15, 0.2) is 0 Å². The Labute approximate surface area is 143 Å². The van der Waals surface area contributed by atoms with Gasteiger partial charge in [-0.15, -0.1) is 0 Å². The lowest BCUT2D eigenvalue weighted by molar-refractivity contribution is 0.0966. The maximum Gasteiger partial charge on any atom is 0.252 e. The van der Waals surface area contributed by atoms with Gasteiger partial charge in [-0.25, -0.2) is 0 Å². The fraction of sp³-hybridized carbons (Fsp3) is 0.200. The monoisotopic (exact) mass is 328 g/mol. The molecule has 1 aliphatic carbocycles. The lowest BCUT2D eigenvalue weighted by Crippen LogP contribution is -2.15. The molecule has 0 fully saturated rings. The van der Waals surface area contributed by atoms with E-state index in [-0.39, 0.29) is 5.91 Å². The maximum absolute atomic E-state index is 12.7. The predicted octanol–water partition coefficient (Wildman–Crippen LogP) is 3.06. The van der Waals surface area contributed by atoms with Crippen molar-refractivity contribution in [2.45, 2.75) is 19.4 Å². The van der Waals surface area contributed by atoms with Crippen molar-refractivity contribution in [3.63, 3.8) is 0 Å². The molecule has 0 bridgehead atoms. The van der Waals surface area contributed by atoms with Gasteiger partial charge in [0, 0.05) is 46.7 Å². The maximum atomic E-state index is 12.7. The number of amides is 1. The third kappa shape index (κ3) is 1.49. The summed E-state index contributed by atoms with van der Waals surface area (Å²) in [6, 6.07) is 8.36. The Morgan fingerprint density at radius 3 is 2.92 bits per heavy atom. The van der Waals surface area contributed by atoms with Crippen molar-refractivity contribution in [3.8, 4) is 11.1 Å². The van der Waals surface area contributed by atoms with Gasteiger partial charge in [-0.3, -0.25) is 9.48 Å². The summed E-state index contributed by atoms with van der Waals surface area (Å²) in [4.78, 5) is 16.3. The van der Waals surface area contributed by atoms with Crippen molar-refractivity contribution in [1.82, 2.24) is 20.1 Å². The van der Waals surface area contributed by atoms with Crippen LogP contribution in [0.5, 0.6) is 0 Å². The van der Waals surface area contributed by atoms with E-state index in [0.29, 0.717) is 6.54 Å². The van der Waals surface area contributed by atoms with Crippen LogP contribution in [0.3, 0.4) is 0 Å². The van der Waals surface area contributed by atoms with Crippen molar-refractivity contribution < 1.29 is 4.79 Å². The normalized spacial score (nSPS) is 15.3. The van der Waals surface area contributed by atoms with Crippen LogP contribution < -0.4 is 5.32 Å². The summed E-state index contributed by atoms with van der Waals surface area (Å²) in [6.45, 7) is 0.593. The van der Waals surface area contributed by atoms with E-state index >= 15 is 0 Å². The summed E-state index contributed by atoms with van der Waals surface area (Å²) in [5.74, 6) is 0.0372. The largest absolute Gasteiger partial charge is 0.354 e. The molecule has 2 aromatic carbocycles. The SMILES string of the molecule is Cn1ncc2c1CCc1c-2c2c(c3c1[nH]c1ccccc13)CNC2=O. The number of para-hydroxylation sites is 1. The number of rotatable bonds is 0. The molecule has 3 heterocycles. The van der Waals surface area contributed by atoms with Gasteiger partial charge in [0.05, 0.1) is 17.3 Å². The highest BCUT2D eigenvalue weighted by Gasteiger charge is 2.34. The molecule has 0 unspecified atom stereocenters. The quantitative estimate of drug-likeness (QED) is 0.521. The number of carbonyl (C=O) groups excluding carboxylic acids is 1. The number of aromatic nitrogens is 3. The van der Waals surface area contributed by atoms with Gasteiger partial charge >= 0.3 is 0 Å². The molecule has 2 N–H and O–H groups in total. The molecule has 25 heavy (non-hydrogen) atoms. The molecule has 5 nitrogen and oxygen atoms in total. The van der Waals surface area contributed by atoms with Gasteiger partial charge in [0.1, 0.15) is 0 Å². The van der Waals surface area contributed by atoms with E-state index in [1.54, 1.807) is 0 Å². The lowest BCUT2D eigenvalue weighted by Gasteiger charge is -2.21. The van der Waals surface area contributed by atoms with E-state index in [0.717, 1.165) is 40.6 Å². The molecule has 122 valence electrons. The van der Waals surface area contributed by atoms with Crippen LogP contribution in [0.1, 0.15) is 27.2 Å². The molecule has 0 radical (unpaired) electrons. The Hall–Kier alpha value is -3.08. The molecule has 0 atom stereocenters. The number of nitrogens with zero attached hydrogens (tertiary/aromatic N) is 2. The van der Waals surface area contributed by atoms with Crippen molar-refractivity contribution >= 4 is 27.7 Å². The minimum Gasteiger partial charge on any atom is -0.354 e. The van der Waals surface area contributed by atoms with Crippen molar-refractivity contribution in [3.05, 3.63) is 52.8 Å². The Balaban J connectivity index is 1.87. The van der Waals surface area contributed by atoms with Gasteiger partial charge in [-0.1, -0.05) is 18.2 Å². The number of hydrogen-bond donors (Lipinski definition) is 2. The Morgan fingerprint density at radius 2 is 2.00 bits per heavy atom. The Morgan fingerprint density at radius 1 is 1.12 bits per heavy atom. The van der Waals surface area contributed by atoms with E-state index < -0.39 is 0 Å². The zero-order valence-corrected chi connectivity index (χ0v) is 13.8. The molecule has 1 aliphatic heterocycles. The van der Waals surface area contributed by atoms with Crippen LogP contribution in [0.15, 0.2) is 30.5 Å². The van der Waals surface area contributed by atoms with E-state index in [9.17, 15) is 4.79 Å². The van der Waals surface area contributed by atoms with Crippen LogP contribution >= 0.6 is 0 Å². The Kier molecular flexibility index (Phi) is 2.28. The third-order valence-corrected chi connectivity index (χ3v) is 5.76. The second-order valence-corrected chi connectivity index (χ2v) is 6.94. The van der Waals surface area contributed by atoms with Crippen molar-refractivity contribution in [2.75, 3.05) is 0 Å². The molecule has 2 aliphatic rings. The Bertz CT molecular complexity index is 1230. The molecular formula is C20H16N4O. The highest BCUT2D eigenvalue weighted by Crippen LogP contribution is 2.45. The first kappa shape index (κ1) is 13.2. The molecule has 0 saturated carbocycles. The average Bonchev–Trinajstić information content (AvgIpc) is 3.30. The first-order valence-electron chi connectivity index (χ1n) is 8.61. The third-order valence-electron chi connectivity index (χ3n) is 5.76. The lowest BCUT2D eigenvalue weighted by atomic mass is 9.83. The fourth-order valence-electron chi connectivity index (χ4n) is 4.68. The van der Waals surface area contributed by atoms with E-state index in [2.05, 4.69) is 33.6 Å². The smallest absolute Gasteiger partial charge is 0.252 e. The first-order valence-corrected chi connectivity index (χ1v) is 8.61. The summed E-state index contributed by atoms with van der Waals surface area (Å²) in [5.41, 5.74) is 8.93. The standard InChI is InChI=1S/C20H16N4O/c1-24-15-7-6-11-16(12(15)9-22-24)18-13(8-21-20(18)25)17-10-4-2-3-5-14(10)23-19(11)17/h2-5,9,23H,6-8H2,1H3,(H,21,25). The fourth-order valence-corrected chi connectivity index (χ4v) is 4.68. The summed E-state index contributed by atoms with van der Waals surface area (Å²) >= 11 is 0. The number of carbonyl (C=O) groups is 1.